The van der Waals surface area contributed by atoms with Crippen LogP contribution in [0.15, 0.2) is 28.4 Å². The van der Waals surface area contributed by atoms with Gasteiger partial charge < -0.3 is 4.42 Å². The Morgan fingerprint density at radius 3 is 3.00 bits per heavy atom. The fourth-order valence-electron chi connectivity index (χ4n) is 1.64. The molecule has 2 aromatic rings. The largest absolute Gasteiger partial charge is 0.472 e. The van der Waals surface area contributed by atoms with Crippen LogP contribution in [0.3, 0.4) is 0 Å². The third-order valence-electron chi connectivity index (χ3n) is 2.42. The molecule has 4 nitrogen and oxygen atoms in total. The number of thiazole rings is 1. The van der Waals surface area contributed by atoms with Gasteiger partial charge in [-0.15, -0.1) is 11.3 Å². The third kappa shape index (κ3) is 2.91. The smallest absolute Gasteiger partial charge is 0.0935 e. The van der Waals surface area contributed by atoms with Gasteiger partial charge in [-0.25, -0.2) is 4.98 Å². The molecule has 1 atom stereocenters. The molecule has 0 aromatic carbocycles. The maximum Gasteiger partial charge on any atom is 0.0935 e. The number of rotatable bonds is 5. The number of furan rings is 1. The molecule has 0 saturated heterocycles. The van der Waals surface area contributed by atoms with Gasteiger partial charge in [0.15, 0.2) is 0 Å². The first-order chi connectivity index (χ1) is 7.78. The summed E-state index contributed by atoms with van der Waals surface area (Å²) in [6, 6.07) is 2.15. The number of nitrogens with one attached hydrogen (secondary N) is 1. The van der Waals surface area contributed by atoms with E-state index in [-0.39, 0.29) is 6.04 Å². The molecule has 0 aliphatic carbocycles. The van der Waals surface area contributed by atoms with Gasteiger partial charge in [-0.05, 0) is 25.0 Å². The monoisotopic (exact) mass is 237 g/mol. The van der Waals surface area contributed by atoms with E-state index in [1.165, 1.54) is 0 Å². The van der Waals surface area contributed by atoms with E-state index in [4.69, 9.17) is 10.3 Å². The number of hydrogen-bond donors (Lipinski definition) is 2. The minimum atomic E-state index is 0.194. The van der Waals surface area contributed by atoms with Crippen molar-refractivity contribution in [2.24, 2.45) is 5.84 Å². The number of aryl methyl sites for hydroxylation is 1. The van der Waals surface area contributed by atoms with Crippen LogP contribution in [0.2, 0.25) is 0 Å². The van der Waals surface area contributed by atoms with E-state index in [0.29, 0.717) is 0 Å². The Balaban J connectivity index is 1.95. The van der Waals surface area contributed by atoms with Crippen LogP contribution in [-0.2, 0) is 12.8 Å². The van der Waals surface area contributed by atoms with E-state index in [2.05, 4.69) is 15.8 Å². The van der Waals surface area contributed by atoms with Crippen LogP contribution in [0.25, 0.3) is 0 Å². The highest BCUT2D eigenvalue weighted by Crippen LogP contribution is 2.12. The molecular formula is C11H15N3OS. The van der Waals surface area contributed by atoms with Gasteiger partial charge in [0.2, 0.25) is 0 Å². The Morgan fingerprint density at radius 2 is 2.44 bits per heavy atom. The third-order valence-corrected chi connectivity index (χ3v) is 3.24. The molecule has 2 rings (SSSR count). The van der Waals surface area contributed by atoms with Crippen LogP contribution in [0, 0.1) is 6.92 Å². The summed E-state index contributed by atoms with van der Waals surface area (Å²) in [5.41, 5.74) is 5.06. The lowest BCUT2D eigenvalue weighted by Gasteiger charge is -2.13. The van der Waals surface area contributed by atoms with Crippen molar-refractivity contribution in [2.45, 2.75) is 25.8 Å². The van der Waals surface area contributed by atoms with Gasteiger partial charge in [-0.2, -0.15) is 0 Å². The predicted molar refractivity (Wildman–Crippen MR) is 64.1 cm³/mol. The molecule has 3 N–H and O–H groups in total. The standard InChI is InChI=1S/C11H15N3OS/c1-8-13-11(7-16-8)5-10(14-12)4-9-2-3-15-6-9/h2-3,6-7,10,14H,4-5,12H2,1H3. The van der Waals surface area contributed by atoms with Crippen molar-refractivity contribution in [3.63, 3.8) is 0 Å². The highest BCUT2D eigenvalue weighted by Gasteiger charge is 2.11. The molecule has 2 aromatic heterocycles. The van der Waals surface area contributed by atoms with E-state index in [1.807, 2.05) is 13.0 Å². The molecule has 0 spiro atoms. The summed E-state index contributed by atoms with van der Waals surface area (Å²) in [5, 5.41) is 3.17. The molecule has 16 heavy (non-hydrogen) atoms. The molecule has 0 saturated carbocycles. The van der Waals surface area contributed by atoms with Crippen molar-refractivity contribution in [3.8, 4) is 0 Å². The summed E-state index contributed by atoms with van der Waals surface area (Å²) >= 11 is 1.67. The fourth-order valence-corrected chi connectivity index (χ4v) is 2.26. The van der Waals surface area contributed by atoms with Crippen molar-refractivity contribution < 1.29 is 4.42 Å². The first-order valence-corrected chi connectivity index (χ1v) is 6.04. The van der Waals surface area contributed by atoms with Crippen molar-refractivity contribution in [1.82, 2.24) is 10.4 Å². The maximum absolute atomic E-state index is 5.54. The lowest BCUT2D eigenvalue weighted by Crippen LogP contribution is -2.38. The number of hydrazine groups is 1. The van der Waals surface area contributed by atoms with Gasteiger partial charge >= 0.3 is 0 Å². The Bertz CT molecular complexity index is 424. The lowest BCUT2D eigenvalue weighted by atomic mass is 10.1. The molecule has 0 bridgehead atoms. The zero-order valence-electron chi connectivity index (χ0n) is 9.14. The number of nitrogens with zero attached hydrogens (tertiary/aromatic N) is 1. The van der Waals surface area contributed by atoms with Gasteiger partial charge in [-0.3, -0.25) is 11.3 Å². The van der Waals surface area contributed by atoms with Gasteiger partial charge in [0.25, 0.3) is 0 Å². The first-order valence-electron chi connectivity index (χ1n) is 5.16. The van der Waals surface area contributed by atoms with E-state index in [9.17, 15) is 0 Å². The first kappa shape index (κ1) is 11.3. The summed E-state index contributed by atoms with van der Waals surface area (Å²) in [6.07, 6.45) is 5.11. The molecule has 0 aliphatic rings. The van der Waals surface area contributed by atoms with Crippen LogP contribution in [0.4, 0.5) is 0 Å². The van der Waals surface area contributed by atoms with Crippen LogP contribution < -0.4 is 11.3 Å². The average molecular weight is 237 g/mol. The zero-order chi connectivity index (χ0) is 11.4. The summed E-state index contributed by atoms with van der Waals surface area (Å²) in [5.74, 6) is 5.54. The van der Waals surface area contributed by atoms with Crippen LogP contribution in [0.5, 0.6) is 0 Å². The maximum atomic E-state index is 5.54. The minimum absolute atomic E-state index is 0.194. The van der Waals surface area contributed by atoms with Gasteiger partial charge in [-0.1, -0.05) is 0 Å². The van der Waals surface area contributed by atoms with E-state index in [1.54, 1.807) is 23.9 Å². The SMILES string of the molecule is Cc1nc(CC(Cc2ccoc2)NN)cs1. The van der Waals surface area contributed by atoms with Crippen molar-refractivity contribution in [1.29, 1.82) is 0 Å². The molecule has 2 heterocycles. The molecule has 0 radical (unpaired) electrons. The fraction of sp³-hybridized carbons (Fsp3) is 0.364. The molecule has 0 amide bonds. The van der Waals surface area contributed by atoms with Crippen LogP contribution in [0.1, 0.15) is 16.3 Å². The topological polar surface area (TPSA) is 64.1 Å². The number of aromatic nitrogens is 1. The van der Waals surface area contributed by atoms with Crippen molar-refractivity contribution >= 4 is 11.3 Å². The number of nitrogens with two attached hydrogens (primary N) is 1. The Morgan fingerprint density at radius 1 is 1.56 bits per heavy atom. The summed E-state index contributed by atoms with van der Waals surface area (Å²) in [7, 11) is 0. The second-order valence-corrected chi connectivity index (χ2v) is 4.82. The Kier molecular flexibility index (Phi) is 3.71. The molecular weight excluding hydrogens is 222 g/mol. The molecule has 86 valence electrons. The van der Waals surface area contributed by atoms with Crippen molar-refractivity contribution in [3.05, 3.63) is 40.2 Å². The highest BCUT2D eigenvalue weighted by molar-refractivity contribution is 7.09. The number of hydrogen-bond acceptors (Lipinski definition) is 5. The van der Waals surface area contributed by atoms with E-state index >= 15 is 0 Å². The second kappa shape index (κ2) is 5.25. The average Bonchev–Trinajstić information content (AvgIpc) is 2.89. The molecule has 5 heteroatoms. The van der Waals surface area contributed by atoms with Crippen molar-refractivity contribution in [2.75, 3.05) is 0 Å². The molecule has 0 fully saturated rings. The summed E-state index contributed by atoms with van der Waals surface area (Å²) in [4.78, 5) is 4.43. The zero-order valence-corrected chi connectivity index (χ0v) is 9.96. The second-order valence-electron chi connectivity index (χ2n) is 3.76. The van der Waals surface area contributed by atoms with Crippen LogP contribution >= 0.6 is 11.3 Å². The van der Waals surface area contributed by atoms with Crippen LogP contribution in [-0.4, -0.2) is 11.0 Å². The quantitative estimate of drug-likeness (QED) is 0.613. The van der Waals surface area contributed by atoms with E-state index < -0.39 is 0 Å². The normalized spacial score (nSPS) is 12.9. The molecule has 1 unspecified atom stereocenters. The molecule has 0 aliphatic heterocycles. The Hall–Kier alpha value is -1.17. The van der Waals surface area contributed by atoms with Gasteiger partial charge in [0.05, 0.1) is 23.2 Å². The minimum Gasteiger partial charge on any atom is -0.472 e. The van der Waals surface area contributed by atoms with E-state index in [0.717, 1.165) is 29.1 Å². The predicted octanol–water partition coefficient (Wildman–Crippen LogP) is 1.66. The lowest BCUT2D eigenvalue weighted by molar-refractivity contribution is 0.511. The van der Waals surface area contributed by atoms with Gasteiger partial charge in [0, 0.05) is 17.8 Å². The summed E-state index contributed by atoms with van der Waals surface area (Å²) < 4.78 is 5.03. The highest BCUT2D eigenvalue weighted by atomic mass is 32.1. The van der Waals surface area contributed by atoms with Gasteiger partial charge in [0.1, 0.15) is 0 Å². The summed E-state index contributed by atoms with van der Waals surface area (Å²) in [6.45, 7) is 2.01. The Labute approximate surface area is 98.5 Å².